The number of benzene rings is 1. The van der Waals surface area contributed by atoms with E-state index in [0.29, 0.717) is 18.2 Å². The average molecular weight is 406 g/mol. The largest absolute Gasteiger partial charge is 0.350 e. The van der Waals surface area contributed by atoms with Crippen molar-refractivity contribution in [3.8, 4) is 0 Å². The third kappa shape index (κ3) is 3.98. The molecule has 1 aliphatic heterocycles. The van der Waals surface area contributed by atoms with Gasteiger partial charge in [-0.1, -0.05) is 44.2 Å². The molecule has 1 aliphatic rings. The van der Waals surface area contributed by atoms with Gasteiger partial charge in [-0.3, -0.25) is 9.48 Å². The first kappa shape index (κ1) is 19.9. The molecular formula is C22H27N7O. The molecule has 0 fully saturated rings. The summed E-state index contributed by atoms with van der Waals surface area (Å²) in [7, 11) is 1.91. The molecule has 0 saturated carbocycles. The lowest BCUT2D eigenvalue weighted by Gasteiger charge is -2.36. The Kier molecular flexibility index (Phi) is 5.39. The first-order valence-corrected chi connectivity index (χ1v) is 10.1. The zero-order chi connectivity index (χ0) is 21.3. The van der Waals surface area contributed by atoms with E-state index in [9.17, 15) is 4.79 Å². The van der Waals surface area contributed by atoms with Gasteiger partial charge in [0.05, 0.1) is 18.4 Å². The highest BCUT2D eigenvalue weighted by atomic mass is 16.2. The standard InChI is InChI=1S/C22H27N7O/c1-14(2)19-21(30)26-18-15(3)25-22(27-20(18)28(19)4)23-10-17-11-24-29(13-17)12-16-8-6-5-7-9-16/h5-9,11,13-14,19H,10,12H2,1-4H3,(H,26,30)(H,23,25,27)/t19-/m0/s1. The van der Waals surface area contributed by atoms with Crippen LogP contribution in [0.3, 0.4) is 0 Å². The summed E-state index contributed by atoms with van der Waals surface area (Å²) < 4.78 is 1.92. The Balaban J connectivity index is 1.47. The summed E-state index contributed by atoms with van der Waals surface area (Å²) in [4.78, 5) is 23.6. The summed E-state index contributed by atoms with van der Waals surface area (Å²) in [6.07, 6.45) is 3.87. The third-order valence-electron chi connectivity index (χ3n) is 5.30. The molecule has 3 heterocycles. The van der Waals surface area contributed by atoms with Gasteiger partial charge in [0.1, 0.15) is 11.7 Å². The fourth-order valence-corrected chi connectivity index (χ4v) is 3.83. The molecule has 2 aromatic heterocycles. The topological polar surface area (TPSA) is 88.0 Å². The van der Waals surface area contributed by atoms with Crippen molar-refractivity contribution in [2.24, 2.45) is 5.92 Å². The maximum absolute atomic E-state index is 12.5. The minimum Gasteiger partial charge on any atom is -0.350 e. The van der Waals surface area contributed by atoms with Crippen LogP contribution in [0.5, 0.6) is 0 Å². The second-order valence-electron chi connectivity index (χ2n) is 8.01. The molecule has 0 saturated heterocycles. The summed E-state index contributed by atoms with van der Waals surface area (Å²) in [5.74, 6) is 1.43. The van der Waals surface area contributed by atoms with Crippen LogP contribution in [0.25, 0.3) is 0 Å². The lowest BCUT2D eigenvalue weighted by molar-refractivity contribution is -0.118. The van der Waals surface area contributed by atoms with Crippen molar-refractivity contribution >= 4 is 23.4 Å². The Hall–Kier alpha value is -3.42. The molecule has 0 bridgehead atoms. The second kappa shape index (κ2) is 8.14. The van der Waals surface area contributed by atoms with Crippen LogP contribution in [0, 0.1) is 12.8 Å². The molecule has 30 heavy (non-hydrogen) atoms. The van der Waals surface area contributed by atoms with Crippen molar-refractivity contribution in [1.29, 1.82) is 0 Å². The molecule has 0 aliphatic carbocycles. The molecule has 1 atom stereocenters. The van der Waals surface area contributed by atoms with Crippen LogP contribution in [0.4, 0.5) is 17.5 Å². The Morgan fingerprint density at radius 2 is 1.93 bits per heavy atom. The van der Waals surface area contributed by atoms with Crippen molar-refractivity contribution in [3.05, 3.63) is 59.5 Å². The van der Waals surface area contributed by atoms with Gasteiger partial charge in [0.25, 0.3) is 0 Å². The van der Waals surface area contributed by atoms with E-state index in [4.69, 9.17) is 0 Å². The van der Waals surface area contributed by atoms with Gasteiger partial charge in [0, 0.05) is 25.4 Å². The number of aromatic nitrogens is 4. The second-order valence-corrected chi connectivity index (χ2v) is 8.01. The Labute approximate surface area is 176 Å². The number of carbonyl (C=O) groups excluding carboxylic acids is 1. The number of nitrogens with zero attached hydrogens (tertiary/aromatic N) is 5. The number of hydrogen-bond donors (Lipinski definition) is 2. The van der Waals surface area contributed by atoms with E-state index in [0.717, 1.165) is 23.6 Å². The lowest BCUT2D eigenvalue weighted by Crippen LogP contribution is -2.49. The number of amides is 1. The predicted octanol–water partition coefficient (Wildman–Crippen LogP) is 3.05. The Morgan fingerprint density at radius 3 is 2.67 bits per heavy atom. The van der Waals surface area contributed by atoms with Gasteiger partial charge in [-0.25, -0.2) is 4.98 Å². The van der Waals surface area contributed by atoms with E-state index >= 15 is 0 Å². The van der Waals surface area contributed by atoms with Crippen LogP contribution in [-0.4, -0.2) is 38.7 Å². The van der Waals surface area contributed by atoms with E-state index in [1.165, 1.54) is 5.56 Å². The molecule has 1 aromatic carbocycles. The molecule has 156 valence electrons. The molecule has 0 radical (unpaired) electrons. The van der Waals surface area contributed by atoms with Gasteiger partial charge in [-0.2, -0.15) is 10.1 Å². The smallest absolute Gasteiger partial charge is 0.247 e. The molecule has 8 nitrogen and oxygen atoms in total. The monoisotopic (exact) mass is 405 g/mol. The van der Waals surface area contributed by atoms with Gasteiger partial charge in [-0.05, 0) is 18.4 Å². The number of carbonyl (C=O) groups is 1. The minimum atomic E-state index is -0.254. The van der Waals surface area contributed by atoms with Crippen molar-refractivity contribution in [1.82, 2.24) is 19.7 Å². The first-order chi connectivity index (χ1) is 14.4. The zero-order valence-corrected chi connectivity index (χ0v) is 17.8. The van der Waals surface area contributed by atoms with Gasteiger partial charge in [-0.15, -0.1) is 0 Å². The first-order valence-electron chi connectivity index (χ1n) is 10.1. The summed E-state index contributed by atoms with van der Waals surface area (Å²) in [5, 5.41) is 10.7. The van der Waals surface area contributed by atoms with E-state index in [2.05, 4.69) is 37.8 Å². The highest BCUT2D eigenvalue weighted by molar-refractivity contribution is 6.03. The van der Waals surface area contributed by atoms with Crippen molar-refractivity contribution in [2.45, 2.75) is 39.9 Å². The van der Waals surface area contributed by atoms with Crippen LogP contribution in [0.1, 0.15) is 30.7 Å². The zero-order valence-electron chi connectivity index (χ0n) is 17.8. The van der Waals surface area contributed by atoms with Gasteiger partial charge in [0.2, 0.25) is 11.9 Å². The number of likely N-dealkylation sites (N-methyl/N-ethyl adjacent to an activating group) is 1. The fourth-order valence-electron chi connectivity index (χ4n) is 3.83. The summed E-state index contributed by atoms with van der Waals surface area (Å²) in [5.41, 5.74) is 3.68. The fraction of sp³-hybridized carbons (Fsp3) is 0.364. The highest BCUT2D eigenvalue weighted by Gasteiger charge is 2.35. The molecular weight excluding hydrogens is 378 g/mol. The van der Waals surface area contributed by atoms with Gasteiger partial charge >= 0.3 is 0 Å². The Morgan fingerprint density at radius 1 is 1.17 bits per heavy atom. The van der Waals surface area contributed by atoms with Crippen molar-refractivity contribution in [3.63, 3.8) is 0 Å². The van der Waals surface area contributed by atoms with Crippen LogP contribution < -0.4 is 15.5 Å². The number of fused-ring (bicyclic) bond motifs is 1. The molecule has 8 heteroatoms. The summed E-state index contributed by atoms with van der Waals surface area (Å²) in [6.45, 7) is 7.25. The third-order valence-corrected chi connectivity index (χ3v) is 5.30. The average Bonchev–Trinajstić information content (AvgIpc) is 3.15. The SMILES string of the molecule is Cc1nc(NCc2cnn(Cc3ccccc3)c2)nc2c1NC(=O)[C@H](C(C)C)N2C. The van der Waals surface area contributed by atoms with E-state index in [1.54, 1.807) is 0 Å². The number of nitrogens with one attached hydrogen (secondary N) is 2. The maximum Gasteiger partial charge on any atom is 0.247 e. The van der Waals surface area contributed by atoms with E-state index in [1.807, 2.05) is 68.0 Å². The van der Waals surface area contributed by atoms with Crippen LogP contribution in [-0.2, 0) is 17.9 Å². The van der Waals surface area contributed by atoms with E-state index < -0.39 is 0 Å². The predicted molar refractivity (Wildman–Crippen MR) is 118 cm³/mol. The summed E-state index contributed by atoms with van der Waals surface area (Å²) >= 11 is 0. The van der Waals surface area contributed by atoms with Crippen LogP contribution >= 0.6 is 0 Å². The van der Waals surface area contributed by atoms with Crippen LogP contribution in [0.15, 0.2) is 42.7 Å². The summed E-state index contributed by atoms with van der Waals surface area (Å²) in [6, 6.07) is 9.98. The molecule has 0 spiro atoms. The lowest BCUT2D eigenvalue weighted by atomic mass is 9.99. The normalized spacial score (nSPS) is 15.8. The number of aryl methyl sites for hydroxylation is 1. The van der Waals surface area contributed by atoms with Gasteiger partial charge in [0.15, 0.2) is 5.82 Å². The molecule has 2 N–H and O–H groups in total. The quantitative estimate of drug-likeness (QED) is 0.655. The van der Waals surface area contributed by atoms with Crippen molar-refractivity contribution < 1.29 is 4.79 Å². The molecule has 4 rings (SSSR count). The number of rotatable bonds is 6. The van der Waals surface area contributed by atoms with Crippen LogP contribution in [0.2, 0.25) is 0 Å². The maximum atomic E-state index is 12.5. The molecule has 1 amide bonds. The van der Waals surface area contributed by atoms with Gasteiger partial charge < -0.3 is 15.5 Å². The van der Waals surface area contributed by atoms with Crippen molar-refractivity contribution in [2.75, 3.05) is 22.6 Å². The minimum absolute atomic E-state index is 0.0155. The highest BCUT2D eigenvalue weighted by Crippen LogP contribution is 2.34. The molecule has 0 unspecified atom stereocenters. The number of hydrogen-bond acceptors (Lipinski definition) is 6. The number of anilines is 3. The molecule has 3 aromatic rings. The Bertz CT molecular complexity index is 1040. The van der Waals surface area contributed by atoms with E-state index in [-0.39, 0.29) is 17.9 Å².